The van der Waals surface area contributed by atoms with E-state index in [1.807, 2.05) is 25.1 Å². The van der Waals surface area contributed by atoms with Crippen LogP contribution in [0.4, 0.5) is 5.69 Å². The average Bonchev–Trinajstić information content (AvgIpc) is 3.14. The Kier molecular flexibility index (Phi) is 4.88. The number of hydrogen-bond acceptors (Lipinski definition) is 5. The van der Waals surface area contributed by atoms with E-state index in [1.165, 1.54) is 0 Å². The van der Waals surface area contributed by atoms with E-state index in [2.05, 4.69) is 4.85 Å². The summed E-state index contributed by atoms with van der Waals surface area (Å²) in [7, 11) is 3.36. The molecule has 1 aliphatic heterocycles. The highest BCUT2D eigenvalue weighted by Gasteiger charge is 2.66. The van der Waals surface area contributed by atoms with Crippen LogP contribution >= 0.6 is 0 Å². The van der Waals surface area contributed by atoms with Crippen molar-refractivity contribution < 1.29 is 14.3 Å². The number of nitrogens with two attached hydrogens (primary N) is 1. The van der Waals surface area contributed by atoms with Crippen molar-refractivity contribution >= 4 is 17.6 Å². The van der Waals surface area contributed by atoms with Gasteiger partial charge in [0, 0.05) is 19.6 Å². The third-order valence-electron chi connectivity index (χ3n) is 7.04. The minimum absolute atomic E-state index is 0.0868. The second-order valence-corrected chi connectivity index (χ2v) is 8.51. The zero-order valence-electron chi connectivity index (χ0n) is 17.3. The van der Waals surface area contributed by atoms with Crippen molar-refractivity contribution in [2.24, 2.45) is 16.1 Å². The SMILES string of the molecule is [C-]#[N+]c1ccc2c(c1)C1(N=C(N)N(C(C)COC)C1=O)C1(CCC(OC)CC1)C2. The summed E-state index contributed by atoms with van der Waals surface area (Å²) in [4.78, 5) is 24.1. The zero-order valence-corrected chi connectivity index (χ0v) is 17.3. The van der Waals surface area contributed by atoms with E-state index >= 15 is 0 Å². The quantitative estimate of drug-likeness (QED) is 0.794. The maximum absolute atomic E-state index is 14.0. The lowest BCUT2D eigenvalue weighted by atomic mass is 9.61. The molecule has 0 bridgehead atoms. The Morgan fingerprint density at radius 3 is 2.72 bits per heavy atom. The van der Waals surface area contributed by atoms with E-state index in [0.717, 1.165) is 43.2 Å². The molecule has 1 aromatic rings. The molecule has 29 heavy (non-hydrogen) atoms. The molecule has 2 N–H and O–H groups in total. The normalized spacial score (nSPS) is 31.8. The summed E-state index contributed by atoms with van der Waals surface area (Å²) >= 11 is 0. The fourth-order valence-corrected chi connectivity index (χ4v) is 5.64. The smallest absolute Gasteiger partial charge is 0.262 e. The molecule has 154 valence electrons. The Hall–Kier alpha value is -2.43. The summed E-state index contributed by atoms with van der Waals surface area (Å²) in [6.07, 6.45) is 4.43. The molecule has 1 saturated carbocycles. The summed E-state index contributed by atoms with van der Waals surface area (Å²) in [5.41, 5.74) is 7.41. The number of carbonyl (C=O) groups is 1. The van der Waals surface area contributed by atoms with Crippen LogP contribution in [0.1, 0.15) is 43.7 Å². The lowest BCUT2D eigenvalue weighted by molar-refractivity contribution is -0.140. The monoisotopic (exact) mass is 396 g/mol. The number of benzene rings is 1. The van der Waals surface area contributed by atoms with Crippen LogP contribution in [0.5, 0.6) is 0 Å². The lowest BCUT2D eigenvalue weighted by Gasteiger charge is -2.45. The van der Waals surface area contributed by atoms with Gasteiger partial charge < -0.3 is 15.2 Å². The Morgan fingerprint density at radius 2 is 2.10 bits per heavy atom. The maximum Gasteiger partial charge on any atom is 0.262 e. The van der Waals surface area contributed by atoms with E-state index in [1.54, 1.807) is 19.1 Å². The number of rotatable bonds is 4. The first-order valence-electron chi connectivity index (χ1n) is 10.1. The Bertz CT molecular complexity index is 898. The number of amides is 1. The van der Waals surface area contributed by atoms with Gasteiger partial charge in [0.05, 0.1) is 25.3 Å². The third-order valence-corrected chi connectivity index (χ3v) is 7.04. The van der Waals surface area contributed by atoms with Gasteiger partial charge in [-0.25, -0.2) is 9.84 Å². The predicted molar refractivity (Wildman–Crippen MR) is 110 cm³/mol. The summed E-state index contributed by atoms with van der Waals surface area (Å²) in [6, 6.07) is 5.45. The van der Waals surface area contributed by atoms with Crippen LogP contribution < -0.4 is 5.73 Å². The highest BCUT2D eigenvalue weighted by Crippen LogP contribution is 2.62. The Morgan fingerprint density at radius 1 is 1.38 bits per heavy atom. The second kappa shape index (κ2) is 7.12. The van der Waals surface area contributed by atoms with Gasteiger partial charge in [0.15, 0.2) is 17.2 Å². The van der Waals surface area contributed by atoms with Gasteiger partial charge in [0.1, 0.15) is 0 Å². The molecule has 4 rings (SSSR count). The highest BCUT2D eigenvalue weighted by atomic mass is 16.5. The first-order valence-corrected chi connectivity index (χ1v) is 10.1. The van der Waals surface area contributed by atoms with Crippen molar-refractivity contribution in [2.75, 3.05) is 20.8 Å². The number of nitrogens with zero attached hydrogens (tertiary/aromatic N) is 3. The number of guanidine groups is 1. The van der Waals surface area contributed by atoms with Gasteiger partial charge in [0.2, 0.25) is 0 Å². The van der Waals surface area contributed by atoms with Crippen molar-refractivity contribution in [1.82, 2.24) is 4.90 Å². The van der Waals surface area contributed by atoms with Gasteiger partial charge in [-0.05, 0) is 50.2 Å². The zero-order chi connectivity index (χ0) is 20.8. The van der Waals surface area contributed by atoms with Crippen LogP contribution in [0, 0.1) is 12.0 Å². The third kappa shape index (κ3) is 2.70. The lowest BCUT2D eigenvalue weighted by Crippen LogP contribution is -2.54. The van der Waals surface area contributed by atoms with E-state index in [-0.39, 0.29) is 29.4 Å². The van der Waals surface area contributed by atoms with Gasteiger partial charge >= 0.3 is 0 Å². The predicted octanol–water partition coefficient (Wildman–Crippen LogP) is 2.76. The average molecular weight is 396 g/mol. The number of ether oxygens (including phenoxy) is 2. The molecule has 2 unspecified atom stereocenters. The van der Waals surface area contributed by atoms with Gasteiger partial charge in [-0.2, -0.15) is 0 Å². The molecular weight excluding hydrogens is 368 g/mol. The van der Waals surface area contributed by atoms with Crippen LogP contribution in [0.15, 0.2) is 23.2 Å². The molecule has 0 radical (unpaired) electrons. The first-order chi connectivity index (χ1) is 13.9. The topological polar surface area (TPSA) is 81.5 Å². The molecule has 2 aliphatic carbocycles. The van der Waals surface area contributed by atoms with E-state index in [9.17, 15) is 4.79 Å². The highest BCUT2D eigenvalue weighted by molar-refractivity contribution is 6.08. The molecule has 1 heterocycles. The number of hydrogen-bond donors (Lipinski definition) is 1. The standard InChI is InChI=1S/C22H28N4O3/c1-14(13-28-3)26-19(27)22(25-20(26)23)18-11-16(24-2)6-5-15(18)12-21(22)9-7-17(29-4)8-10-21/h5-6,11,14,17H,7-10,12-13H2,1,3-4H3,(H2,23,25). The number of aliphatic imine (C=N–C) groups is 1. The minimum atomic E-state index is -1.06. The molecule has 7 nitrogen and oxygen atoms in total. The van der Waals surface area contributed by atoms with Crippen LogP contribution in [-0.4, -0.2) is 49.7 Å². The number of carbonyl (C=O) groups excluding carboxylic acids is 1. The van der Waals surface area contributed by atoms with Gasteiger partial charge in [0.25, 0.3) is 5.91 Å². The van der Waals surface area contributed by atoms with Crippen LogP contribution in [0.2, 0.25) is 0 Å². The minimum Gasteiger partial charge on any atom is -0.383 e. The van der Waals surface area contributed by atoms with E-state index in [0.29, 0.717) is 12.3 Å². The number of methoxy groups -OCH3 is 2. The number of fused-ring (bicyclic) bond motifs is 3. The molecule has 0 aromatic heterocycles. The van der Waals surface area contributed by atoms with E-state index in [4.69, 9.17) is 26.8 Å². The molecule has 0 saturated heterocycles. The fraction of sp³-hybridized carbons (Fsp3) is 0.591. The molecule has 3 aliphatic rings. The van der Waals surface area contributed by atoms with Crippen molar-refractivity contribution in [3.63, 3.8) is 0 Å². The largest absolute Gasteiger partial charge is 0.383 e. The summed E-state index contributed by atoms with van der Waals surface area (Å²) < 4.78 is 10.9. The van der Waals surface area contributed by atoms with Crippen molar-refractivity contribution in [3.8, 4) is 0 Å². The van der Waals surface area contributed by atoms with E-state index < -0.39 is 5.54 Å². The van der Waals surface area contributed by atoms with Gasteiger partial charge in [-0.3, -0.25) is 9.69 Å². The van der Waals surface area contributed by atoms with Crippen molar-refractivity contribution in [2.45, 2.75) is 56.7 Å². The van der Waals surface area contributed by atoms with Crippen LogP contribution in [-0.2, 0) is 26.2 Å². The van der Waals surface area contributed by atoms with Crippen LogP contribution in [0.25, 0.3) is 4.85 Å². The fourth-order valence-electron chi connectivity index (χ4n) is 5.64. The van der Waals surface area contributed by atoms with Crippen LogP contribution in [0.3, 0.4) is 0 Å². The Labute approximate surface area is 171 Å². The summed E-state index contributed by atoms with van der Waals surface area (Å²) in [5.74, 6) is 0.158. The van der Waals surface area contributed by atoms with Crippen molar-refractivity contribution in [1.29, 1.82) is 0 Å². The summed E-state index contributed by atoms with van der Waals surface area (Å²) in [6.45, 7) is 9.74. The molecular formula is C22H28N4O3. The summed E-state index contributed by atoms with van der Waals surface area (Å²) in [5, 5.41) is 0. The first kappa shape index (κ1) is 19.9. The molecule has 7 heteroatoms. The maximum atomic E-state index is 14.0. The molecule has 2 spiro atoms. The molecule has 1 aromatic carbocycles. The molecule has 1 fully saturated rings. The van der Waals surface area contributed by atoms with Gasteiger partial charge in [-0.15, -0.1) is 0 Å². The Balaban J connectivity index is 1.86. The molecule has 2 atom stereocenters. The second-order valence-electron chi connectivity index (χ2n) is 8.51. The van der Waals surface area contributed by atoms with Gasteiger partial charge in [-0.1, -0.05) is 18.2 Å². The molecule has 1 amide bonds. The van der Waals surface area contributed by atoms with Crippen molar-refractivity contribution in [3.05, 3.63) is 40.7 Å².